The SMILES string of the molecule is CCCCCCCCCCCC/[O+]=C1N=N/C(=C2/C(=O)C(c3nc(C)c(C)s3)=C2O)S\1. The normalized spacial score (nSPS) is 19.7. The van der Waals surface area contributed by atoms with Crippen LogP contribution < -0.4 is 0 Å². The van der Waals surface area contributed by atoms with E-state index in [4.69, 9.17) is 4.42 Å². The molecular weight excluding hydrogens is 430 g/mol. The van der Waals surface area contributed by atoms with E-state index in [0.29, 0.717) is 21.9 Å². The molecule has 0 atom stereocenters. The molecule has 6 nitrogen and oxygen atoms in total. The van der Waals surface area contributed by atoms with Crippen LogP contribution in [0, 0.1) is 13.8 Å². The highest BCUT2D eigenvalue weighted by atomic mass is 32.2. The van der Waals surface area contributed by atoms with Gasteiger partial charge in [-0.15, -0.1) is 16.5 Å². The number of carbonyl (C=O) groups excluding carboxylic acids is 2. The Balaban J connectivity index is 1.40. The van der Waals surface area contributed by atoms with Crippen molar-refractivity contribution >= 4 is 39.7 Å². The van der Waals surface area contributed by atoms with Crippen LogP contribution in [0.25, 0.3) is 5.57 Å². The molecule has 3 rings (SSSR count). The van der Waals surface area contributed by atoms with E-state index >= 15 is 0 Å². The van der Waals surface area contributed by atoms with Gasteiger partial charge in [0.1, 0.15) is 26.9 Å². The van der Waals surface area contributed by atoms with Crippen molar-refractivity contribution in [3.63, 3.8) is 0 Å². The fourth-order valence-corrected chi connectivity index (χ4v) is 5.22. The third-order valence-electron chi connectivity index (χ3n) is 5.51. The zero-order valence-electron chi connectivity index (χ0n) is 18.7. The lowest BCUT2D eigenvalue weighted by molar-refractivity contribution is -0.132. The van der Waals surface area contributed by atoms with Crippen molar-refractivity contribution in [2.45, 2.75) is 85.0 Å². The van der Waals surface area contributed by atoms with E-state index in [1.807, 2.05) is 13.8 Å². The smallest absolute Gasteiger partial charge is 0.505 e. The number of hydrogen-bond acceptors (Lipinski definition) is 6. The minimum atomic E-state index is -0.233. The number of aryl methyl sites for hydroxylation is 2. The second kappa shape index (κ2) is 11.7. The Morgan fingerprint density at radius 3 is 2.13 bits per heavy atom. The zero-order chi connectivity index (χ0) is 22.2. The number of thioether (sulfide) groups is 1. The average Bonchev–Trinajstić information content (AvgIpc) is 3.32. The van der Waals surface area contributed by atoms with Gasteiger partial charge in [0.25, 0.3) is 6.61 Å². The highest BCUT2D eigenvalue weighted by molar-refractivity contribution is 8.17. The fraction of sp³-hybridized carbons (Fsp3) is 0.609. The van der Waals surface area contributed by atoms with E-state index in [9.17, 15) is 9.90 Å². The first kappa shape index (κ1) is 23.9. The van der Waals surface area contributed by atoms with Crippen molar-refractivity contribution in [1.82, 2.24) is 4.98 Å². The molecule has 0 bridgehead atoms. The monoisotopic (exact) mass is 462 g/mol. The maximum absolute atomic E-state index is 12.6. The maximum Gasteiger partial charge on any atom is 0.505 e. The maximum atomic E-state index is 12.6. The molecule has 1 aliphatic carbocycles. The van der Waals surface area contributed by atoms with E-state index in [0.717, 1.165) is 23.4 Å². The number of aliphatic hydroxyl groups excluding tert-OH is 1. The van der Waals surface area contributed by atoms with Gasteiger partial charge < -0.3 is 5.11 Å². The van der Waals surface area contributed by atoms with Crippen LogP contribution in [-0.4, -0.2) is 27.7 Å². The fourth-order valence-electron chi connectivity index (χ4n) is 3.50. The lowest BCUT2D eigenvalue weighted by atomic mass is 9.89. The second-order valence-electron chi connectivity index (χ2n) is 7.99. The Morgan fingerprint density at radius 2 is 1.55 bits per heavy atom. The first-order valence-corrected chi connectivity index (χ1v) is 12.9. The highest BCUT2D eigenvalue weighted by Crippen LogP contribution is 2.44. The first-order valence-electron chi connectivity index (χ1n) is 11.3. The molecule has 0 fully saturated rings. The molecular formula is C23H32N3O3S2+. The van der Waals surface area contributed by atoms with Gasteiger partial charge in [-0.3, -0.25) is 4.79 Å². The van der Waals surface area contributed by atoms with Crippen LogP contribution in [0.4, 0.5) is 4.42 Å². The predicted octanol–water partition coefficient (Wildman–Crippen LogP) is 7.60. The summed E-state index contributed by atoms with van der Waals surface area (Å²) >= 11 is 2.61. The molecule has 1 aliphatic heterocycles. The van der Waals surface area contributed by atoms with Gasteiger partial charge in [0.15, 0.2) is 0 Å². The number of azo groups is 1. The van der Waals surface area contributed by atoms with Gasteiger partial charge in [0, 0.05) is 11.3 Å². The first-order chi connectivity index (χ1) is 15.0. The largest absolute Gasteiger partial charge is 0.506 e. The third kappa shape index (κ3) is 6.13. The molecule has 2 heterocycles. The van der Waals surface area contributed by atoms with Crippen LogP contribution in [0.3, 0.4) is 0 Å². The lowest BCUT2D eigenvalue weighted by Gasteiger charge is -2.19. The standard InChI is InChI=1S/C23H31N3O3S2/c1-4-5-6-7-8-9-10-11-12-13-14-29-23-26-25-22(31-23)18-19(27)17(20(18)28)21-24-15(2)16(3)30-21/h4-14H2,1-3H3/p+1. The Labute approximate surface area is 192 Å². The van der Waals surface area contributed by atoms with Crippen molar-refractivity contribution < 1.29 is 14.3 Å². The summed E-state index contributed by atoms with van der Waals surface area (Å²) in [5.41, 5.74) is 1.37. The summed E-state index contributed by atoms with van der Waals surface area (Å²) in [6.07, 6.45) is 12.8. The van der Waals surface area contributed by atoms with Crippen LogP contribution in [0.1, 0.15) is 86.7 Å². The molecule has 1 aromatic heterocycles. The van der Waals surface area contributed by atoms with Crippen LogP contribution in [-0.2, 0) is 4.79 Å². The number of thiazole rings is 1. The van der Waals surface area contributed by atoms with Crippen LogP contribution in [0.5, 0.6) is 0 Å². The summed E-state index contributed by atoms with van der Waals surface area (Å²) in [5.74, 6) is -0.278. The van der Waals surface area contributed by atoms with Crippen molar-refractivity contribution in [1.29, 1.82) is 0 Å². The van der Waals surface area contributed by atoms with Gasteiger partial charge in [0.2, 0.25) is 5.78 Å². The number of carbonyl (C=O) groups is 1. The number of Topliss-reactive ketones (excluding diaryl/α,β-unsaturated/α-hetero) is 1. The summed E-state index contributed by atoms with van der Waals surface area (Å²) < 4.78 is 5.69. The van der Waals surface area contributed by atoms with Crippen LogP contribution in [0.2, 0.25) is 0 Å². The summed E-state index contributed by atoms with van der Waals surface area (Å²) in [7, 11) is 0. The molecule has 2 aliphatic rings. The van der Waals surface area contributed by atoms with Gasteiger partial charge in [-0.2, -0.15) is 0 Å². The molecule has 0 radical (unpaired) electrons. The van der Waals surface area contributed by atoms with Gasteiger partial charge in [0.05, 0.1) is 17.5 Å². The van der Waals surface area contributed by atoms with Crippen molar-refractivity contribution in [2.24, 2.45) is 10.2 Å². The number of rotatable bonds is 12. The van der Waals surface area contributed by atoms with Gasteiger partial charge >= 0.3 is 5.24 Å². The van der Waals surface area contributed by atoms with Gasteiger partial charge in [-0.05, 0) is 25.4 Å². The molecule has 0 saturated heterocycles. The van der Waals surface area contributed by atoms with Crippen LogP contribution in [0.15, 0.2) is 26.6 Å². The van der Waals surface area contributed by atoms with E-state index in [1.54, 1.807) is 0 Å². The molecule has 1 N–H and O–H groups in total. The molecule has 0 unspecified atom stereocenters. The number of aliphatic hydroxyl groups is 1. The molecule has 1 amide bonds. The number of ketones is 1. The summed E-state index contributed by atoms with van der Waals surface area (Å²) in [6, 6.07) is 0. The third-order valence-corrected chi connectivity index (χ3v) is 7.46. The topological polar surface area (TPSA) is 86.2 Å². The molecule has 31 heavy (non-hydrogen) atoms. The highest BCUT2D eigenvalue weighted by Gasteiger charge is 2.42. The lowest BCUT2D eigenvalue weighted by Crippen LogP contribution is -2.22. The summed E-state index contributed by atoms with van der Waals surface area (Å²) in [5, 5.41) is 19.9. The van der Waals surface area contributed by atoms with Crippen molar-refractivity contribution in [2.75, 3.05) is 6.61 Å². The number of hydrogen-bond donors (Lipinski definition) is 1. The Morgan fingerprint density at radius 1 is 0.903 bits per heavy atom. The Hall–Kier alpha value is -1.80. The Kier molecular flexibility index (Phi) is 9.02. The molecule has 0 saturated carbocycles. The number of aromatic nitrogens is 1. The van der Waals surface area contributed by atoms with Crippen LogP contribution >= 0.6 is 23.1 Å². The number of allylic oxidation sites excluding steroid dienone is 2. The van der Waals surface area contributed by atoms with Crippen molar-refractivity contribution in [3.8, 4) is 0 Å². The molecule has 0 aromatic carbocycles. The van der Waals surface area contributed by atoms with Gasteiger partial charge in [-0.25, -0.2) is 9.41 Å². The van der Waals surface area contributed by atoms with E-state index in [-0.39, 0.29) is 22.7 Å². The van der Waals surface area contributed by atoms with E-state index in [2.05, 4.69) is 22.1 Å². The second-order valence-corrected chi connectivity index (χ2v) is 10.1. The van der Waals surface area contributed by atoms with E-state index in [1.165, 1.54) is 74.5 Å². The molecule has 168 valence electrons. The van der Waals surface area contributed by atoms with Gasteiger partial charge in [-0.1, -0.05) is 58.3 Å². The quantitative estimate of drug-likeness (QED) is 0.197. The molecule has 8 heteroatoms. The average molecular weight is 463 g/mol. The van der Waals surface area contributed by atoms with E-state index < -0.39 is 0 Å². The Bertz CT molecular complexity index is 909. The zero-order valence-corrected chi connectivity index (χ0v) is 20.3. The minimum Gasteiger partial charge on any atom is -0.506 e. The van der Waals surface area contributed by atoms with Crippen molar-refractivity contribution in [3.05, 3.63) is 31.9 Å². The molecule has 0 spiro atoms. The number of amides is 1. The number of nitrogens with zero attached hydrogens (tertiary/aromatic N) is 3. The minimum absolute atomic E-state index is 0.0452. The predicted molar refractivity (Wildman–Crippen MR) is 128 cm³/mol. The molecule has 1 aromatic rings. The summed E-state index contributed by atoms with van der Waals surface area (Å²) in [6.45, 7) is 6.69. The number of unbranched alkanes of at least 4 members (excludes halogenated alkanes) is 9. The summed E-state index contributed by atoms with van der Waals surface area (Å²) in [4.78, 5) is 18.0.